The van der Waals surface area contributed by atoms with Crippen molar-refractivity contribution in [1.29, 1.82) is 0 Å². The van der Waals surface area contributed by atoms with E-state index in [9.17, 15) is 28.7 Å². The predicted molar refractivity (Wildman–Crippen MR) is 144 cm³/mol. The summed E-state index contributed by atoms with van der Waals surface area (Å²) in [6.07, 6.45) is 0. The number of thiophene rings is 1. The highest BCUT2D eigenvalue weighted by molar-refractivity contribution is 8.00. The number of thiazole rings is 1. The van der Waals surface area contributed by atoms with E-state index in [0.29, 0.717) is 15.6 Å². The molecule has 3 atom stereocenters. The van der Waals surface area contributed by atoms with Crippen molar-refractivity contribution < 1.29 is 23.9 Å². The van der Waals surface area contributed by atoms with E-state index in [2.05, 4.69) is 5.32 Å². The fraction of sp³-hybridized carbons (Fsp3) is 0.154. The fourth-order valence-corrected chi connectivity index (χ4v) is 8.48. The molecule has 6 rings (SSSR count). The van der Waals surface area contributed by atoms with Crippen LogP contribution in [0, 0.1) is 11.7 Å². The number of halogens is 1. The van der Waals surface area contributed by atoms with E-state index in [0.717, 1.165) is 32.9 Å². The normalized spacial score (nSPS) is 20.3. The fourth-order valence-electron chi connectivity index (χ4n) is 4.76. The standard InChI is InChI=1S/C26H18FN3O5S3/c27-13-3-7-15(8-4-13)30-23(33)20-19(17-2-1-11-36-17)22-25(37-21(20)24(30)34)29(26(35)38-22)12-18(32)28-14-5-9-16(31)10-6-14/h1-11,19-21,31H,12H2,(H,28,32). The highest BCUT2D eigenvalue weighted by atomic mass is 32.2. The molecule has 1 fully saturated rings. The molecule has 12 heteroatoms. The molecule has 0 saturated carbocycles. The minimum absolute atomic E-state index is 0.0576. The van der Waals surface area contributed by atoms with E-state index in [1.807, 2.05) is 17.5 Å². The van der Waals surface area contributed by atoms with Gasteiger partial charge in [0.25, 0.3) is 0 Å². The number of hydrogen-bond donors (Lipinski definition) is 2. The molecule has 3 amide bonds. The Morgan fingerprint density at radius 2 is 1.74 bits per heavy atom. The van der Waals surface area contributed by atoms with E-state index in [1.54, 1.807) is 0 Å². The summed E-state index contributed by atoms with van der Waals surface area (Å²) in [5.74, 6) is -2.99. The van der Waals surface area contributed by atoms with Gasteiger partial charge in [0.1, 0.15) is 23.4 Å². The Balaban J connectivity index is 1.38. The number of hydrogen-bond acceptors (Lipinski definition) is 8. The summed E-state index contributed by atoms with van der Waals surface area (Å²) in [6, 6.07) is 14.9. The van der Waals surface area contributed by atoms with Crippen LogP contribution in [0.2, 0.25) is 0 Å². The van der Waals surface area contributed by atoms with Crippen LogP contribution in [0.15, 0.2) is 75.9 Å². The van der Waals surface area contributed by atoms with E-state index in [1.165, 1.54) is 64.4 Å². The van der Waals surface area contributed by atoms with Crippen molar-refractivity contribution in [2.45, 2.75) is 22.7 Å². The number of nitrogens with one attached hydrogen (secondary N) is 1. The molecule has 192 valence electrons. The van der Waals surface area contributed by atoms with Gasteiger partial charge in [-0.3, -0.25) is 23.7 Å². The van der Waals surface area contributed by atoms with Gasteiger partial charge in [-0.05, 0) is 60.0 Å². The molecule has 2 aromatic heterocycles. The molecule has 2 N–H and O–H groups in total. The lowest BCUT2D eigenvalue weighted by Gasteiger charge is -2.29. The number of nitrogens with zero attached hydrogens (tertiary/aromatic N) is 2. The third-order valence-corrected chi connectivity index (χ3v) is 10.00. The quantitative estimate of drug-likeness (QED) is 0.276. The van der Waals surface area contributed by atoms with Crippen molar-refractivity contribution in [3.8, 4) is 5.75 Å². The van der Waals surface area contributed by atoms with Crippen LogP contribution in [-0.2, 0) is 20.9 Å². The van der Waals surface area contributed by atoms with Gasteiger partial charge < -0.3 is 10.4 Å². The Labute approximate surface area is 227 Å². The molecule has 4 aromatic rings. The summed E-state index contributed by atoms with van der Waals surface area (Å²) in [5, 5.41) is 13.7. The highest BCUT2D eigenvalue weighted by Crippen LogP contribution is 2.54. The number of carbonyl (C=O) groups is 3. The molecular weight excluding hydrogens is 550 g/mol. The van der Waals surface area contributed by atoms with Gasteiger partial charge in [0.15, 0.2) is 0 Å². The summed E-state index contributed by atoms with van der Waals surface area (Å²) in [5.41, 5.74) is 0.746. The number of carbonyl (C=O) groups excluding carboxylic acids is 3. The molecule has 38 heavy (non-hydrogen) atoms. The Morgan fingerprint density at radius 3 is 2.42 bits per heavy atom. The van der Waals surface area contributed by atoms with Gasteiger partial charge in [-0.1, -0.05) is 29.2 Å². The first-order valence-electron chi connectivity index (χ1n) is 11.5. The predicted octanol–water partition coefficient (Wildman–Crippen LogP) is 4.25. The smallest absolute Gasteiger partial charge is 0.308 e. The van der Waals surface area contributed by atoms with Crippen molar-refractivity contribution >= 4 is 63.5 Å². The van der Waals surface area contributed by atoms with Crippen LogP contribution in [0.1, 0.15) is 15.7 Å². The second-order valence-corrected chi connectivity index (χ2v) is 11.9. The summed E-state index contributed by atoms with van der Waals surface area (Å²) < 4.78 is 14.9. The van der Waals surface area contributed by atoms with Crippen molar-refractivity contribution in [3.63, 3.8) is 0 Å². The molecule has 8 nitrogen and oxygen atoms in total. The number of amides is 3. The second-order valence-electron chi connectivity index (χ2n) is 8.76. The zero-order valence-electron chi connectivity index (χ0n) is 19.4. The van der Waals surface area contributed by atoms with Crippen LogP contribution in [0.3, 0.4) is 0 Å². The molecule has 0 spiro atoms. The largest absolute Gasteiger partial charge is 0.508 e. The zero-order chi connectivity index (χ0) is 26.6. The Bertz CT molecular complexity index is 1610. The minimum Gasteiger partial charge on any atom is -0.508 e. The monoisotopic (exact) mass is 567 g/mol. The number of fused-ring (bicyclic) bond motifs is 2. The van der Waals surface area contributed by atoms with Crippen LogP contribution in [0.25, 0.3) is 0 Å². The van der Waals surface area contributed by atoms with Gasteiger partial charge in [-0.2, -0.15) is 0 Å². The number of phenolic OH excluding ortho intramolecular Hbond substituents is 1. The Kier molecular flexibility index (Phi) is 6.17. The Morgan fingerprint density at radius 1 is 1.00 bits per heavy atom. The SMILES string of the molecule is O=C(Cn1c2c(sc1=O)C(c1cccs1)C1C(=O)N(c3ccc(F)cc3)C(=O)C1S2)Nc1ccc(O)cc1. The van der Waals surface area contributed by atoms with Gasteiger partial charge >= 0.3 is 4.87 Å². The summed E-state index contributed by atoms with van der Waals surface area (Å²) in [7, 11) is 0. The van der Waals surface area contributed by atoms with Crippen molar-refractivity contribution in [2.75, 3.05) is 10.2 Å². The average Bonchev–Trinajstić information content (AvgIpc) is 3.59. The maximum atomic E-state index is 13.7. The molecule has 3 unspecified atom stereocenters. The third kappa shape index (κ3) is 4.14. The van der Waals surface area contributed by atoms with Gasteiger partial charge in [0.2, 0.25) is 17.7 Å². The summed E-state index contributed by atoms with van der Waals surface area (Å²) in [4.78, 5) is 55.4. The minimum atomic E-state index is -0.812. The van der Waals surface area contributed by atoms with Gasteiger partial charge in [-0.15, -0.1) is 11.3 Å². The van der Waals surface area contributed by atoms with Gasteiger partial charge in [-0.25, -0.2) is 9.29 Å². The first kappa shape index (κ1) is 24.6. The first-order valence-corrected chi connectivity index (χ1v) is 14.1. The van der Waals surface area contributed by atoms with Crippen LogP contribution in [-0.4, -0.2) is 32.6 Å². The molecule has 4 heterocycles. The number of rotatable bonds is 5. The number of aromatic nitrogens is 1. The van der Waals surface area contributed by atoms with E-state index in [4.69, 9.17) is 0 Å². The lowest BCUT2D eigenvalue weighted by Crippen LogP contribution is -2.32. The molecule has 2 aliphatic rings. The average molecular weight is 568 g/mol. The molecule has 2 aliphatic heterocycles. The lowest BCUT2D eigenvalue weighted by molar-refractivity contribution is -0.122. The Hall–Kier alpha value is -3.74. The summed E-state index contributed by atoms with van der Waals surface area (Å²) >= 11 is 3.52. The molecule has 0 radical (unpaired) electrons. The molecule has 0 bridgehead atoms. The number of phenols is 1. The maximum Gasteiger partial charge on any atom is 0.308 e. The van der Waals surface area contributed by atoms with Gasteiger partial charge in [0.05, 0.1) is 16.6 Å². The molecular formula is C26H18FN3O5S3. The molecule has 1 saturated heterocycles. The lowest BCUT2D eigenvalue weighted by atomic mass is 9.87. The summed E-state index contributed by atoms with van der Waals surface area (Å²) in [6.45, 7) is -0.281. The number of aromatic hydroxyl groups is 1. The van der Waals surface area contributed by atoms with Crippen molar-refractivity contribution in [2.24, 2.45) is 5.92 Å². The number of benzene rings is 2. The maximum absolute atomic E-state index is 13.7. The van der Waals surface area contributed by atoms with E-state index < -0.39 is 40.6 Å². The number of imide groups is 1. The van der Waals surface area contributed by atoms with Crippen LogP contribution in [0.4, 0.5) is 15.8 Å². The zero-order valence-corrected chi connectivity index (χ0v) is 21.8. The van der Waals surface area contributed by atoms with Crippen LogP contribution >= 0.6 is 34.4 Å². The van der Waals surface area contributed by atoms with Crippen LogP contribution < -0.4 is 15.1 Å². The third-order valence-electron chi connectivity index (χ3n) is 6.44. The number of thioether (sulfide) groups is 1. The molecule has 2 aromatic carbocycles. The topological polar surface area (TPSA) is 109 Å². The highest BCUT2D eigenvalue weighted by Gasteiger charge is 2.57. The second kappa shape index (κ2) is 9.53. The van der Waals surface area contributed by atoms with Crippen LogP contribution in [0.5, 0.6) is 5.75 Å². The number of anilines is 2. The first-order chi connectivity index (χ1) is 18.3. The van der Waals surface area contributed by atoms with Gasteiger partial charge in [0, 0.05) is 21.4 Å². The van der Waals surface area contributed by atoms with E-state index in [-0.39, 0.29) is 22.9 Å². The van der Waals surface area contributed by atoms with Crippen molar-refractivity contribution in [1.82, 2.24) is 4.57 Å². The van der Waals surface area contributed by atoms with E-state index >= 15 is 0 Å². The molecule has 0 aliphatic carbocycles. The van der Waals surface area contributed by atoms with Crippen molar-refractivity contribution in [3.05, 3.63) is 91.3 Å².